The zero-order valence-electron chi connectivity index (χ0n) is 21.3. The van der Waals surface area contributed by atoms with E-state index in [1.54, 1.807) is 36.4 Å². The third-order valence-corrected chi connectivity index (χ3v) is 10.2. The molecule has 2 aliphatic rings. The van der Waals surface area contributed by atoms with Gasteiger partial charge in [0, 0.05) is 15.3 Å². The summed E-state index contributed by atoms with van der Waals surface area (Å²) < 4.78 is 42.3. The van der Waals surface area contributed by atoms with Crippen molar-refractivity contribution in [2.45, 2.75) is 28.9 Å². The van der Waals surface area contributed by atoms with Gasteiger partial charge in [-0.25, -0.2) is 4.90 Å². The molecule has 0 aliphatic carbocycles. The predicted molar refractivity (Wildman–Crippen MR) is 157 cm³/mol. The van der Waals surface area contributed by atoms with E-state index in [2.05, 4.69) is 21.2 Å². The predicted octanol–water partition coefficient (Wildman–Crippen LogP) is 6.13. The maximum atomic E-state index is 13.9. The molecule has 4 aromatic rings. The molecule has 0 saturated carbocycles. The lowest BCUT2D eigenvalue weighted by Crippen LogP contribution is -2.33. The highest BCUT2D eigenvalue weighted by molar-refractivity contribution is 9.10. The van der Waals surface area contributed by atoms with E-state index in [-0.39, 0.29) is 0 Å². The Bertz CT molecular complexity index is 1770. The van der Waals surface area contributed by atoms with Crippen LogP contribution in [0.25, 0.3) is 0 Å². The van der Waals surface area contributed by atoms with E-state index < -0.39 is 63.7 Å². The molecule has 1 fully saturated rings. The van der Waals surface area contributed by atoms with Crippen molar-refractivity contribution in [3.63, 3.8) is 0 Å². The summed E-state index contributed by atoms with van der Waals surface area (Å²) >= 11 is 5.26. The second kappa shape index (κ2) is 10.9. The molecule has 3 heterocycles. The lowest BCUT2D eigenvalue weighted by Gasteiger charge is -2.30. The summed E-state index contributed by atoms with van der Waals surface area (Å²) in [6, 6.07) is 20.4. The Balaban J connectivity index is 1.38. The van der Waals surface area contributed by atoms with Gasteiger partial charge in [0.15, 0.2) is 0 Å². The van der Waals surface area contributed by atoms with Gasteiger partial charge in [-0.05, 0) is 42.0 Å². The number of carbonyl (C=O) groups excluding carboxylic acids is 3. The molecule has 1 saturated heterocycles. The molecule has 42 heavy (non-hydrogen) atoms. The normalized spacial score (nSPS) is 19.9. The third-order valence-electron chi connectivity index (χ3n) is 7.10. The zero-order valence-corrected chi connectivity index (χ0v) is 24.5. The van der Waals surface area contributed by atoms with Crippen LogP contribution < -0.4 is 15.1 Å². The molecular formula is C29H19BrF3N3O4S2. The maximum absolute atomic E-state index is 13.9. The number of nitrogens with one attached hydrogen (secondary N) is 1. The molecule has 0 bridgehead atoms. The molecule has 2 unspecified atom stereocenters. The van der Waals surface area contributed by atoms with Crippen LogP contribution in [0.1, 0.15) is 21.9 Å². The van der Waals surface area contributed by atoms with Gasteiger partial charge in [0.2, 0.25) is 17.7 Å². The number of imide groups is 1. The number of thiazole rings is 1. The molecule has 1 N–H and O–H groups in total. The molecule has 3 atom stereocenters. The lowest BCUT2D eigenvalue weighted by molar-refractivity contribution is -0.137. The first-order chi connectivity index (χ1) is 20.0. The van der Waals surface area contributed by atoms with Crippen LogP contribution in [0.3, 0.4) is 0 Å². The van der Waals surface area contributed by atoms with Crippen LogP contribution in [0.2, 0.25) is 0 Å². The number of rotatable bonds is 5. The Kier molecular flexibility index (Phi) is 7.36. The minimum Gasteiger partial charge on any atom is -0.324 e. The molecule has 3 amide bonds. The maximum Gasteiger partial charge on any atom is 0.418 e. The summed E-state index contributed by atoms with van der Waals surface area (Å²) in [6.45, 7) is -0.568. The average molecular weight is 675 g/mol. The highest BCUT2D eigenvalue weighted by Crippen LogP contribution is 2.53. The largest absolute Gasteiger partial charge is 0.418 e. The third kappa shape index (κ3) is 4.99. The van der Waals surface area contributed by atoms with Crippen LogP contribution in [-0.2, 0) is 27.1 Å². The molecule has 0 radical (unpaired) electrons. The van der Waals surface area contributed by atoms with Crippen molar-refractivity contribution in [3.05, 3.63) is 109 Å². The summed E-state index contributed by atoms with van der Waals surface area (Å²) in [5.74, 6) is -3.12. The standard InChI is InChI=1S/C29H19BrF3N3O4S2/c30-16-10-12-17(13-11-16)36-25(38)22-21(15-6-2-1-3-7-15)24-27(41-23(22)26(36)39)35(28(40)42-24)14-20(37)34-19-9-5-4-8-18(19)29(31,32)33/h1-13,21-23H,14H2,(H,34,37)/t21-,22?,23?/m1/s1. The number of anilines is 2. The Morgan fingerprint density at radius 3 is 2.26 bits per heavy atom. The minimum absolute atomic E-state index is 0.346. The molecule has 3 aromatic carbocycles. The van der Waals surface area contributed by atoms with E-state index in [9.17, 15) is 32.3 Å². The molecule has 6 rings (SSSR count). The SMILES string of the molecule is O=C(Cn1c2c(sc1=O)[C@H](c1ccccc1)C1C(=O)N(c3ccc(Br)cc3)C(=O)C1S2)Nc1ccccc1C(F)(F)F. The van der Waals surface area contributed by atoms with Crippen molar-refractivity contribution < 1.29 is 27.6 Å². The molecule has 7 nitrogen and oxygen atoms in total. The lowest BCUT2D eigenvalue weighted by atomic mass is 9.83. The monoisotopic (exact) mass is 673 g/mol. The van der Waals surface area contributed by atoms with Gasteiger partial charge in [-0.3, -0.25) is 23.7 Å². The minimum atomic E-state index is -4.69. The summed E-state index contributed by atoms with van der Waals surface area (Å²) in [4.78, 5) is 55.0. The number of thioether (sulfide) groups is 1. The van der Waals surface area contributed by atoms with E-state index in [4.69, 9.17) is 0 Å². The van der Waals surface area contributed by atoms with E-state index in [0.29, 0.717) is 15.6 Å². The second-order valence-electron chi connectivity index (χ2n) is 9.66. The number of aromatic nitrogens is 1. The highest BCUT2D eigenvalue weighted by Gasteiger charge is 2.56. The van der Waals surface area contributed by atoms with Crippen molar-refractivity contribution in [1.82, 2.24) is 4.57 Å². The fourth-order valence-electron chi connectivity index (χ4n) is 5.29. The van der Waals surface area contributed by atoms with E-state index >= 15 is 0 Å². The zero-order chi connectivity index (χ0) is 29.8. The first kappa shape index (κ1) is 28.4. The van der Waals surface area contributed by atoms with Gasteiger partial charge in [0.25, 0.3) is 0 Å². The van der Waals surface area contributed by atoms with Crippen LogP contribution >= 0.6 is 39.0 Å². The van der Waals surface area contributed by atoms with Crippen molar-refractivity contribution in [1.29, 1.82) is 0 Å². The number of carbonyl (C=O) groups is 3. The number of hydrogen-bond donors (Lipinski definition) is 1. The second-order valence-corrected chi connectivity index (χ2v) is 12.7. The quantitative estimate of drug-likeness (QED) is 0.258. The fraction of sp³-hybridized carbons (Fsp3) is 0.172. The Morgan fingerprint density at radius 1 is 0.905 bits per heavy atom. The van der Waals surface area contributed by atoms with E-state index in [1.165, 1.54) is 16.7 Å². The smallest absolute Gasteiger partial charge is 0.324 e. The van der Waals surface area contributed by atoms with Crippen molar-refractivity contribution in [3.8, 4) is 0 Å². The molecule has 2 aliphatic heterocycles. The number of hydrogen-bond acceptors (Lipinski definition) is 6. The molecule has 13 heteroatoms. The van der Waals surface area contributed by atoms with Crippen LogP contribution in [-0.4, -0.2) is 27.5 Å². The van der Waals surface area contributed by atoms with Gasteiger partial charge >= 0.3 is 11.0 Å². The number of benzene rings is 3. The van der Waals surface area contributed by atoms with Crippen molar-refractivity contribution in [2.24, 2.45) is 5.92 Å². The Hall–Kier alpha value is -3.68. The first-order valence-electron chi connectivity index (χ1n) is 12.6. The van der Waals surface area contributed by atoms with Crippen LogP contribution in [0.5, 0.6) is 0 Å². The van der Waals surface area contributed by atoms with Gasteiger partial charge in [-0.15, -0.1) is 0 Å². The van der Waals surface area contributed by atoms with Crippen LogP contribution in [0, 0.1) is 5.92 Å². The molecule has 1 aromatic heterocycles. The van der Waals surface area contributed by atoms with E-state index in [1.807, 2.05) is 18.2 Å². The number of halogens is 4. The van der Waals surface area contributed by atoms with Crippen LogP contribution in [0.4, 0.5) is 24.5 Å². The highest BCUT2D eigenvalue weighted by atomic mass is 79.9. The number of nitrogens with zero attached hydrogens (tertiary/aromatic N) is 2. The number of fused-ring (bicyclic) bond motifs is 2. The summed E-state index contributed by atoms with van der Waals surface area (Å²) in [5, 5.41) is 1.74. The van der Waals surface area contributed by atoms with Crippen molar-refractivity contribution in [2.75, 3.05) is 10.2 Å². The number of amides is 3. The van der Waals surface area contributed by atoms with Gasteiger partial charge in [-0.2, -0.15) is 13.2 Å². The topological polar surface area (TPSA) is 88.5 Å². The average Bonchev–Trinajstić information content (AvgIpc) is 3.40. The molecular weight excluding hydrogens is 655 g/mol. The number of para-hydroxylation sites is 1. The molecule has 214 valence electrons. The first-order valence-corrected chi connectivity index (χ1v) is 15.1. The van der Waals surface area contributed by atoms with Gasteiger partial charge < -0.3 is 5.32 Å². The molecule has 0 spiro atoms. The summed E-state index contributed by atoms with van der Waals surface area (Å²) in [6.07, 6.45) is -4.69. The van der Waals surface area contributed by atoms with Gasteiger partial charge in [-0.1, -0.05) is 81.5 Å². The summed E-state index contributed by atoms with van der Waals surface area (Å²) in [5.41, 5.74) is -0.297. The van der Waals surface area contributed by atoms with Crippen molar-refractivity contribution >= 4 is 68.1 Å². The van der Waals surface area contributed by atoms with Gasteiger partial charge in [0.05, 0.1) is 27.9 Å². The Labute approximate surface area is 253 Å². The fourth-order valence-corrected chi connectivity index (χ4v) is 8.33. The van der Waals surface area contributed by atoms with Crippen LogP contribution in [0.15, 0.2) is 93.2 Å². The number of alkyl halides is 3. The van der Waals surface area contributed by atoms with Gasteiger partial charge in [0.1, 0.15) is 11.8 Å². The Morgan fingerprint density at radius 2 is 1.57 bits per heavy atom. The van der Waals surface area contributed by atoms with E-state index in [0.717, 1.165) is 50.2 Å². The summed E-state index contributed by atoms with van der Waals surface area (Å²) in [7, 11) is 0.